The van der Waals surface area contributed by atoms with Crippen LogP contribution < -0.4 is 4.74 Å². The highest BCUT2D eigenvalue weighted by Crippen LogP contribution is 2.32. The Kier molecular flexibility index (Phi) is 3.24. The summed E-state index contributed by atoms with van der Waals surface area (Å²) < 4.78 is 8.33. The number of hydrogen-bond donors (Lipinski definition) is 0. The van der Waals surface area contributed by atoms with Gasteiger partial charge in [-0.1, -0.05) is 24.5 Å². The van der Waals surface area contributed by atoms with Crippen LogP contribution in [0, 0.1) is 5.92 Å². The minimum atomic E-state index is 0.781. The number of ether oxygens (including phenoxy) is 1. The molecule has 5 heteroatoms. The summed E-state index contributed by atoms with van der Waals surface area (Å²) >= 11 is 3.57. The summed E-state index contributed by atoms with van der Waals surface area (Å²) in [5.41, 5.74) is 1.87. The van der Waals surface area contributed by atoms with Crippen LogP contribution in [0.5, 0.6) is 5.75 Å². The van der Waals surface area contributed by atoms with Crippen LogP contribution in [0.4, 0.5) is 0 Å². The van der Waals surface area contributed by atoms with E-state index in [0.717, 1.165) is 33.7 Å². The summed E-state index contributed by atoms with van der Waals surface area (Å²) in [7, 11) is 1.66. The number of nitrogens with zero attached hydrogens (tertiary/aromatic N) is 3. The second-order valence-electron chi connectivity index (χ2n) is 4.85. The Morgan fingerprint density at radius 3 is 2.94 bits per heavy atom. The van der Waals surface area contributed by atoms with E-state index in [-0.39, 0.29) is 0 Å². The fourth-order valence-electron chi connectivity index (χ4n) is 2.43. The number of aromatic nitrogens is 3. The van der Waals surface area contributed by atoms with E-state index in [1.54, 1.807) is 7.11 Å². The smallest absolute Gasteiger partial charge is 0.156 e. The van der Waals surface area contributed by atoms with Gasteiger partial charge in [0.25, 0.3) is 0 Å². The van der Waals surface area contributed by atoms with E-state index >= 15 is 0 Å². The van der Waals surface area contributed by atoms with Gasteiger partial charge in [0.05, 0.1) is 7.11 Å². The van der Waals surface area contributed by atoms with Gasteiger partial charge in [0.2, 0.25) is 0 Å². The Labute approximate surface area is 114 Å². The lowest BCUT2D eigenvalue weighted by molar-refractivity contribution is 0.278. The van der Waals surface area contributed by atoms with Gasteiger partial charge in [0.15, 0.2) is 5.52 Å². The average molecular weight is 310 g/mol. The van der Waals surface area contributed by atoms with Crippen LogP contribution in [0.1, 0.15) is 25.7 Å². The van der Waals surface area contributed by atoms with Crippen LogP contribution in [0.2, 0.25) is 0 Å². The van der Waals surface area contributed by atoms with E-state index in [1.165, 1.54) is 25.7 Å². The molecule has 0 N–H and O–H groups in total. The first-order valence-corrected chi connectivity index (χ1v) is 7.14. The molecular formula is C13H16BrN3O. The third kappa shape index (κ3) is 2.00. The summed E-state index contributed by atoms with van der Waals surface area (Å²) in [5.74, 6) is 1.66. The van der Waals surface area contributed by atoms with Crippen LogP contribution in [0.25, 0.3) is 11.0 Å². The lowest BCUT2D eigenvalue weighted by Crippen LogP contribution is -2.14. The van der Waals surface area contributed by atoms with Crippen LogP contribution >= 0.6 is 15.9 Å². The van der Waals surface area contributed by atoms with Crippen LogP contribution in [0.15, 0.2) is 16.6 Å². The first kappa shape index (κ1) is 12.0. The maximum Gasteiger partial charge on any atom is 0.156 e. The fraction of sp³-hybridized carbons (Fsp3) is 0.538. The zero-order valence-corrected chi connectivity index (χ0v) is 12.0. The number of aryl methyl sites for hydroxylation is 1. The lowest BCUT2D eigenvalue weighted by Gasteiger charge is -2.24. The standard InChI is InChI=1S/C13H16BrN3O/c1-18-11-6-5-10(14)13-12(11)15-16-17(13)8-7-9-3-2-4-9/h5-6,9H,2-4,7-8H2,1H3. The zero-order chi connectivity index (χ0) is 12.5. The molecule has 1 aromatic heterocycles. The molecule has 1 saturated carbocycles. The quantitative estimate of drug-likeness (QED) is 0.869. The van der Waals surface area contributed by atoms with Gasteiger partial charge in [0.1, 0.15) is 11.3 Å². The highest BCUT2D eigenvalue weighted by molar-refractivity contribution is 9.10. The maximum atomic E-state index is 5.32. The third-order valence-corrected chi connectivity index (χ3v) is 4.41. The van der Waals surface area contributed by atoms with Gasteiger partial charge in [-0.15, -0.1) is 5.10 Å². The summed E-state index contributed by atoms with van der Waals surface area (Å²) in [6, 6.07) is 3.90. The highest BCUT2D eigenvalue weighted by Gasteiger charge is 2.19. The van der Waals surface area contributed by atoms with Gasteiger partial charge in [-0.25, -0.2) is 4.68 Å². The van der Waals surface area contributed by atoms with E-state index in [2.05, 4.69) is 26.2 Å². The molecule has 0 radical (unpaired) electrons. The lowest BCUT2D eigenvalue weighted by atomic mass is 9.83. The Morgan fingerprint density at radius 2 is 2.28 bits per heavy atom. The molecule has 1 heterocycles. The number of hydrogen-bond acceptors (Lipinski definition) is 3. The van der Waals surface area contributed by atoms with Crippen molar-refractivity contribution >= 4 is 27.0 Å². The van der Waals surface area contributed by atoms with Gasteiger partial charge in [-0.3, -0.25) is 0 Å². The molecule has 0 spiro atoms. The van der Waals surface area contributed by atoms with Gasteiger partial charge in [0, 0.05) is 11.0 Å². The van der Waals surface area contributed by atoms with Crippen LogP contribution in [-0.2, 0) is 6.54 Å². The van der Waals surface area contributed by atoms with Crippen molar-refractivity contribution in [1.82, 2.24) is 15.0 Å². The molecule has 1 aliphatic rings. The first-order valence-electron chi connectivity index (χ1n) is 6.35. The number of methoxy groups -OCH3 is 1. The molecule has 0 bridgehead atoms. The topological polar surface area (TPSA) is 39.9 Å². The van der Waals surface area contributed by atoms with Gasteiger partial charge in [-0.2, -0.15) is 0 Å². The molecule has 0 aliphatic heterocycles. The molecule has 2 aromatic rings. The van der Waals surface area contributed by atoms with E-state index in [0.29, 0.717) is 0 Å². The predicted molar refractivity (Wildman–Crippen MR) is 73.7 cm³/mol. The van der Waals surface area contributed by atoms with E-state index in [4.69, 9.17) is 4.74 Å². The molecule has 96 valence electrons. The zero-order valence-electron chi connectivity index (χ0n) is 10.4. The Morgan fingerprint density at radius 1 is 1.44 bits per heavy atom. The molecule has 1 aliphatic carbocycles. The monoisotopic (exact) mass is 309 g/mol. The first-order chi connectivity index (χ1) is 8.79. The summed E-state index contributed by atoms with van der Waals surface area (Å²) in [4.78, 5) is 0. The molecule has 0 atom stereocenters. The fourth-order valence-corrected chi connectivity index (χ4v) is 2.95. The normalized spacial score (nSPS) is 15.9. The molecule has 3 rings (SSSR count). The second kappa shape index (κ2) is 4.88. The third-order valence-electron chi connectivity index (χ3n) is 3.77. The van der Waals surface area contributed by atoms with E-state index in [9.17, 15) is 0 Å². The SMILES string of the molecule is COc1ccc(Br)c2c1nnn2CCC1CCC1. The van der Waals surface area contributed by atoms with Crippen molar-refractivity contribution in [2.75, 3.05) is 7.11 Å². The Balaban J connectivity index is 1.91. The Bertz CT molecular complexity index is 563. The van der Waals surface area contributed by atoms with Crippen LogP contribution in [-0.4, -0.2) is 22.1 Å². The largest absolute Gasteiger partial charge is 0.494 e. The average Bonchev–Trinajstić information content (AvgIpc) is 2.73. The molecule has 1 aromatic carbocycles. The molecule has 4 nitrogen and oxygen atoms in total. The molecule has 18 heavy (non-hydrogen) atoms. The molecule has 0 saturated heterocycles. The summed E-state index contributed by atoms with van der Waals surface area (Å²) in [6.45, 7) is 0.937. The van der Waals surface area contributed by atoms with E-state index in [1.807, 2.05) is 16.8 Å². The minimum Gasteiger partial charge on any atom is -0.494 e. The van der Waals surface area contributed by atoms with E-state index < -0.39 is 0 Å². The van der Waals surface area contributed by atoms with Crippen molar-refractivity contribution in [3.05, 3.63) is 16.6 Å². The number of halogens is 1. The van der Waals surface area contributed by atoms with Crippen molar-refractivity contribution < 1.29 is 4.74 Å². The van der Waals surface area contributed by atoms with Crippen LogP contribution in [0.3, 0.4) is 0 Å². The highest BCUT2D eigenvalue weighted by atomic mass is 79.9. The van der Waals surface area contributed by atoms with Gasteiger partial charge in [-0.05, 0) is 40.4 Å². The maximum absolute atomic E-state index is 5.32. The summed E-state index contributed by atoms with van der Waals surface area (Å²) in [6.07, 6.45) is 5.33. The van der Waals surface area contributed by atoms with Gasteiger partial charge >= 0.3 is 0 Å². The van der Waals surface area contributed by atoms with Gasteiger partial charge < -0.3 is 4.74 Å². The second-order valence-corrected chi connectivity index (χ2v) is 5.70. The molecule has 0 amide bonds. The van der Waals surface area contributed by atoms with Crippen molar-refractivity contribution in [2.45, 2.75) is 32.2 Å². The van der Waals surface area contributed by atoms with Crippen molar-refractivity contribution in [1.29, 1.82) is 0 Å². The number of benzene rings is 1. The number of fused-ring (bicyclic) bond motifs is 1. The van der Waals surface area contributed by atoms with Crippen molar-refractivity contribution in [3.8, 4) is 5.75 Å². The summed E-state index contributed by atoms with van der Waals surface area (Å²) in [5, 5.41) is 8.48. The molecule has 0 unspecified atom stereocenters. The van der Waals surface area contributed by atoms with Crippen molar-refractivity contribution in [3.63, 3.8) is 0 Å². The van der Waals surface area contributed by atoms with Crippen molar-refractivity contribution in [2.24, 2.45) is 5.92 Å². The molecule has 1 fully saturated rings. The Hall–Kier alpha value is -1.10. The predicted octanol–water partition coefficient (Wildman–Crippen LogP) is 3.39. The number of rotatable bonds is 4. The minimum absolute atomic E-state index is 0.781. The molecular weight excluding hydrogens is 294 g/mol.